The molecule has 0 heterocycles. The van der Waals surface area contributed by atoms with Crippen molar-refractivity contribution < 1.29 is 22.7 Å². The minimum absolute atomic E-state index is 0.0831. The number of esters is 1. The normalized spacial score (nSPS) is 15.1. The maximum Gasteiger partial charge on any atom is 0.338 e. The first-order valence-corrected chi connectivity index (χ1v) is 11.3. The molecule has 1 aliphatic rings. The highest BCUT2D eigenvalue weighted by Gasteiger charge is 2.36. The predicted molar refractivity (Wildman–Crippen MR) is 109 cm³/mol. The summed E-state index contributed by atoms with van der Waals surface area (Å²) < 4.78 is 39.3. The number of benzene rings is 2. The fourth-order valence-corrected chi connectivity index (χ4v) is 5.34. The minimum Gasteiger partial charge on any atom is -0.497 e. The van der Waals surface area contributed by atoms with Gasteiger partial charge in [-0.1, -0.05) is 12.1 Å². The lowest BCUT2D eigenvalue weighted by Crippen LogP contribution is -2.30. The van der Waals surface area contributed by atoms with Crippen molar-refractivity contribution in [3.05, 3.63) is 58.1 Å². The summed E-state index contributed by atoms with van der Waals surface area (Å²) in [6.45, 7) is 1.97. The molecule has 0 aliphatic heterocycles. The molecule has 1 aliphatic carbocycles. The van der Waals surface area contributed by atoms with Gasteiger partial charge in [0, 0.05) is 10.5 Å². The molecule has 2 aromatic carbocycles. The van der Waals surface area contributed by atoms with E-state index in [2.05, 4.69) is 20.7 Å². The van der Waals surface area contributed by atoms with Gasteiger partial charge < -0.3 is 9.47 Å². The fourth-order valence-electron chi connectivity index (χ4n) is 2.97. The number of carbonyl (C=O) groups is 1. The lowest BCUT2D eigenvalue weighted by molar-refractivity contribution is 0.0526. The summed E-state index contributed by atoms with van der Waals surface area (Å²) in [4.78, 5) is 11.9. The molecule has 8 heteroatoms. The van der Waals surface area contributed by atoms with Crippen LogP contribution in [0.25, 0.3) is 0 Å². The molecule has 2 aromatic rings. The van der Waals surface area contributed by atoms with Gasteiger partial charge in [0.25, 0.3) is 0 Å². The molecule has 0 saturated heterocycles. The van der Waals surface area contributed by atoms with Crippen LogP contribution >= 0.6 is 15.9 Å². The van der Waals surface area contributed by atoms with E-state index in [1.807, 2.05) is 24.3 Å². The van der Waals surface area contributed by atoms with Gasteiger partial charge in [-0.25, -0.2) is 17.9 Å². The molecule has 0 radical (unpaired) electrons. The third-order valence-corrected chi connectivity index (χ3v) is 7.00. The van der Waals surface area contributed by atoms with Gasteiger partial charge in [0.1, 0.15) is 5.75 Å². The average Bonchev–Trinajstić information content (AvgIpc) is 3.51. The maximum atomic E-state index is 13.0. The molecule has 1 fully saturated rings. The van der Waals surface area contributed by atoms with Crippen molar-refractivity contribution in [3.8, 4) is 5.75 Å². The van der Waals surface area contributed by atoms with Gasteiger partial charge in [-0.3, -0.25) is 0 Å². The van der Waals surface area contributed by atoms with E-state index in [9.17, 15) is 13.2 Å². The summed E-state index contributed by atoms with van der Waals surface area (Å²) in [5, 5.41) is 0. The van der Waals surface area contributed by atoms with Crippen LogP contribution in [0.5, 0.6) is 5.75 Å². The first kappa shape index (κ1) is 20.8. The third-order valence-electron chi connectivity index (χ3n) is 4.58. The zero-order valence-corrected chi connectivity index (χ0v) is 18.0. The topological polar surface area (TPSA) is 81.7 Å². The summed E-state index contributed by atoms with van der Waals surface area (Å²) in [5.41, 5.74) is 1.19. The zero-order valence-electron chi connectivity index (χ0n) is 15.6. The molecule has 28 heavy (non-hydrogen) atoms. The number of methoxy groups -OCH3 is 1. The van der Waals surface area contributed by atoms with Crippen molar-refractivity contribution in [1.29, 1.82) is 0 Å². The van der Waals surface area contributed by atoms with Crippen LogP contribution in [0.4, 0.5) is 0 Å². The first-order valence-electron chi connectivity index (χ1n) is 8.98. The molecular weight excluding hydrogens is 446 g/mol. The van der Waals surface area contributed by atoms with Gasteiger partial charge in [-0.15, -0.1) is 0 Å². The molecule has 0 aromatic heterocycles. The highest BCUT2D eigenvalue weighted by molar-refractivity contribution is 9.10. The van der Waals surface area contributed by atoms with Crippen molar-refractivity contribution in [2.24, 2.45) is 5.92 Å². The van der Waals surface area contributed by atoms with E-state index in [1.54, 1.807) is 14.0 Å². The number of nitrogens with one attached hydrogen (secondary N) is 1. The monoisotopic (exact) mass is 467 g/mol. The van der Waals surface area contributed by atoms with Gasteiger partial charge in [0.2, 0.25) is 10.0 Å². The number of sulfonamides is 1. The van der Waals surface area contributed by atoms with E-state index in [0.29, 0.717) is 10.0 Å². The molecule has 1 N–H and O–H groups in total. The third kappa shape index (κ3) is 4.74. The van der Waals surface area contributed by atoms with Crippen molar-refractivity contribution >= 4 is 31.9 Å². The molecule has 6 nitrogen and oxygen atoms in total. The van der Waals surface area contributed by atoms with Crippen molar-refractivity contribution in [2.45, 2.75) is 30.7 Å². The second-order valence-electron chi connectivity index (χ2n) is 6.58. The standard InChI is InChI=1S/C20H22BrNO5S/c1-3-27-20(23)15-8-11-18(17(21)12-15)28(24,25)22-19(13-4-5-13)14-6-9-16(26-2)10-7-14/h6-13,19,22H,3-5H2,1-2H3. The Morgan fingerprint density at radius 1 is 1.21 bits per heavy atom. The van der Waals surface area contributed by atoms with Gasteiger partial charge in [0.15, 0.2) is 0 Å². The largest absolute Gasteiger partial charge is 0.497 e. The van der Waals surface area contributed by atoms with Gasteiger partial charge in [0.05, 0.1) is 24.2 Å². The molecule has 0 bridgehead atoms. The predicted octanol–water partition coefficient (Wildman–Crippen LogP) is 4.06. The summed E-state index contributed by atoms with van der Waals surface area (Å²) in [7, 11) is -2.20. The number of halogens is 1. The number of hydrogen-bond acceptors (Lipinski definition) is 5. The van der Waals surface area contributed by atoms with Gasteiger partial charge in [-0.05, 0) is 77.5 Å². The van der Waals surface area contributed by atoms with Crippen LogP contribution in [0.2, 0.25) is 0 Å². The van der Waals surface area contributed by atoms with Crippen LogP contribution in [0, 0.1) is 5.92 Å². The highest BCUT2D eigenvalue weighted by Crippen LogP contribution is 2.42. The summed E-state index contributed by atoms with van der Waals surface area (Å²) >= 11 is 3.28. The summed E-state index contributed by atoms with van der Waals surface area (Å²) in [6, 6.07) is 11.4. The SMILES string of the molecule is CCOC(=O)c1ccc(S(=O)(=O)NC(c2ccc(OC)cc2)C2CC2)c(Br)c1. The molecular formula is C20H22BrNO5S. The van der Waals surface area contributed by atoms with E-state index in [1.165, 1.54) is 18.2 Å². The average molecular weight is 468 g/mol. The minimum atomic E-state index is -3.79. The van der Waals surface area contributed by atoms with E-state index in [0.717, 1.165) is 24.2 Å². The molecule has 150 valence electrons. The maximum absolute atomic E-state index is 13.0. The second kappa shape index (κ2) is 8.63. The second-order valence-corrected chi connectivity index (χ2v) is 9.11. The highest BCUT2D eigenvalue weighted by atomic mass is 79.9. The van der Waals surface area contributed by atoms with E-state index < -0.39 is 16.0 Å². The Labute approximate surface area is 173 Å². The molecule has 1 atom stereocenters. The Kier molecular flexibility index (Phi) is 6.42. The van der Waals surface area contributed by atoms with E-state index >= 15 is 0 Å². The Bertz CT molecular complexity index is 955. The summed E-state index contributed by atoms with van der Waals surface area (Å²) in [5.74, 6) is 0.494. The van der Waals surface area contributed by atoms with E-state index in [4.69, 9.17) is 9.47 Å². The lowest BCUT2D eigenvalue weighted by atomic mass is 10.0. The number of carbonyl (C=O) groups excluding carboxylic acids is 1. The molecule has 1 unspecified atom stereocenters. The zero-order chi connectivity index (χ0) is 20.3. The lowest BCUT2D eigenvalue weighted by Gasteiger charge is -2.20. The van der Waals surface area contributed by atoms with Crippen molar-refractivity contribution in [2.75, 3.05) is 13.7 Å². The number of ether oxygens (including phenoxy) is 2. The van der Waals surface area contributed by atoms with Crippen LogP contribution < -0.4 is 9.46 Å². The van der Waals surface area contributed by atoms with Crippen LogP contribution in [0.3, 0.4) is 0 Å². The molecule has 0 amide bonds. The Morgan fingerprint density at radius 3 is 2.43 bits per heavy atom. The molecule has 0 spiro atoms. The van der Waals surface area contributed by atoms with Crippen LogP contribution in [0.1, 0.15) is 41.7 Å². The smallest absolute Gasteiger partial charge is 0.338 e. The quantitative estimate of drug-likeness (QED) is 0.591. The molecule has 1 saturated carbocycles. The van der Waals surface area contributed by atoms with Crippen LogP contribution in [-0.4, -0.2) is 28.1 Å². The Hall–Kier alpha value is -1.90. The fraction of sp³-hybridized carbons (Fsp3) is 0.350. The van der Waals surface area contributed by atoms with E-state index in [-0.39, 0.29) is 23.5 Å². The van der Waals surface area contributed by atoms with Gasteiger partial charge in [-0.2, -0.15) is 0 Å². The first-order chi connectivity index (χ1) is 13.4. The molecule has 3 rings (SSSR count). The number of rotatable bonds is 8. The van der Waals surface area contributed by atoms with Crippen LogP contribution in [0.15, 0.2) is 51.8 Å². The Morgan fingerprint density at radius 2 is 1.89 bits per heavy atom. The summed E-state index contributed by atoms with van der Waals surface area (Å²) in [6.07, 6.45) is 1.95. The van der Waals surface area contributed by atoms with Crippen molar-refractivity contribution in [1.82, 2.24) is 4.72 Å². The number of hydrogen-bond donors (Lipinski definition) is 1. The van der Waals surface area contributed by atoms with Crippen LogP contribution in [-0.2, 0) is 14.8 Å². The van der Waals surface area contributed by atoms with Gasteiger partial charge >= 0.3 is 5.97 Å². The van der Waals surface area contributed by atoms with Crippen molar-refractivity contribution in [3.63, 3.8) is 0 Å². The Balaban J connectivity index is 1.85.